The van der Waals surface area contributed by atoms with Crippen molar-refractivity contribution in [2.75, 3.05) is 11.9 Å². The van der Waals surface area contributed by atoms with Crippen LogP contribution in [-0.4, -0.2) is 16.3 Å². The molecule has 4 aliphatic carbocycles. The van der Waals surface area contributed by atoms with Crippen LogP contribution in [0.3, 0.4) is 0 Å². The Bertz CT molecular complexity index is 928. The molecule has 1 N–H and O–H groups in total. The number of aromatic nitrogens is 2. The Kier molecular flexibility index (Phi) is 3.63. The average molecular weight is 373 g/mol. The van der Waals surface area contributed by atoms with Gasteiger partial charge in [-0.05, 0) is 87.7 Å². The van der Waals surface area contributed by atoms with Gasteiger partial charge in [0.2, 0.25) is 0 Å². The van der Waals surface area contributed by atoms with Gasteiger partial charge in [-0.1, -0.05) is 12.1 Å². The summed E-state index contributed by atoms with van der Waals surface area (Å²) < 4.78 is 2.08. The van der Waals surface area contributed by atoms with Crippen LogP contribution in [0.4, 0.5) is 5.82 Å². The minimum absolute atomic E-state index is 0.289. The third-order valence-corrected chi connectivity index (χ3v) is 7.92. The van der Waals surface area contributed by atoms with Crippen molar-refractivity contribution in [2.24, 2.45) is 17.8 Å². The first kappa shape index (κ1) is 16.7. The third kappa shape index (κ3) is 2.38. The summed E-state index contributed by atoms with van der Waals surface area (Å²) in [6.45, 7) is 0.994. The molecule has 0 amide bonds. The molecule has 4 saturated carbocycles. The molecule has 4 bridgehead atoms. The molecule has 1 aromatic heterocycles. The average Bonchev–Trinajstić information content (AvgIpc) is 2.89. The Morgan fingerprint density at radius 1 is 1.04 bits per heavy atom. The summed E-state index contributed by atoms with van der Waals surface area (Å²) in [4.78, 5) is 0. The van der Waals surface area contributed by atoms with Crippen molar-refractivity contribution >= 4 is 5.82 Å². The van der Waals surface area contributed by atoms with E-state index in [0.29, 0.717) is 5.56 Å². The first-order valence-corrected chi connectivity index (χ1v) is 11.1. The van der Waals surface area contributed by atoms with Crippen molar-refractivity contribution in [1.82, 2.24) is 9.78 Å². The van der Waals surface area contributed by atoms with Gasteiger partial charge in [-0.15, -0.1) is 0 Å². The molecule has 0 saturated heterocycles. The number of benzene rings is 1. The second-order valence-corrected chi connectivity index (χ2v) is 9.80. The van der Waals surface area contributed by atoms with E-state index in [1.807, 2.05) is 24.3 Å². The Hall–Kier alpha value is -2.28. The van der Waals surface area contributed by atoms with Gasteiger partial charge in [0.05, 0.1) is 16.9 Å². The van der Waals surface area contributed by atoms with Crippen molar-refractivity contribution in [3.8, 4) is 11.8 Å². The van der Waals surface area contributed by atoms with E-state index in [0.717, 1.165) is 42.2 Å². The summed E-state index contributed by atoms with van der Waals surface area (Å²) in [6, 6.07) is 10.3. The van der Waals surface area contributed by atoms with Crippen LogP contribution in [0.2, 0.25) is 0 Å². The van der Waals surface area contributed by atoms with Crippen LogP contribution in [0.1, 0.15) is 68.2 Å². The fraction of sp³-hybridized carbons (Fsp3) is 0.583. The zero-order valence-corrected chi connectivity index (χ0v) is 16.5. The van der Waals surface area contributed by atoms with Crippen LogP contribution >= 0.6 is 0 Å². The number of fused-ring (bicyclic) bond motifs is 1. The molecule has 0 radical (unpaired) electrons. The molecule has 0 atom stereocenters. The number of nitrogens with zero attached hydrogens (tertiary/aromatic N) is 3. The number of para-hydroxylation sites is 1. The lowest BCUT2D eigenvalue weighted by atomic mass is 9.48. The van der Waals surface area contributed by atoms with Crippen molar-refractivity contribution in [1.29, 1.82) is 5.26 Å². The maximum atomic E-state index is 9.66. The molecule has 1 aliphatic heterocycles. The number of hydrogen-bond donors (Lipinski definition) is 1. The molecule has 2 heterocycles. The highest BCUT2D eigenvalue weighted by Crippen LogP contribution is 2.61. The first-order chi connectivity index (χ1) is 13.8. The van der Waals surface area contributed by atoms with Crippen molar-refractivity contribution in [3.63, 3.8) is 0 Å². The molecule has 0 unspecified atom stereocenters. The summed E-state index contributed by atoms with van der Waals surface area (Å²) >= 11 is 0. The maximum absolute atomic E-state index is 9.66. The van der Waals surface area contributed by atoms with E-state index >= 15 is 0 Å². The SMILES string of the molecule is N#Cc1ccccc1-n1nc(C23CC4CC(CC(C4)C2)C3)c2c1NCCCC2. The quantitative estimate of drug-likeness (QED) is 0.810. The van der Waals surface area contributed by atoms with Gasteiger partial charge >= 0.3 is 0 Å². The highest BCUT2D eigenvalue weighted by molar-refractivity contribution is 5.59. The highest BCUT2D eigenvalue weighted by atomic mass is 15.3. The first-order valence-electron chi connectivity index (χ1n) is 11.1. The Morgan fingerprint density at radius 2 is 1.75 bits per heavy atom. The van der Waals surface area contributed by atoms with Crippen molar-refractivity contribution in [2.45, 2.75) is 63.2 Å². The summed E-state index contributed by atoms with van der Waals surface area (Å²) in [6.07, 6.45) is 11.9. The van der Waals surface area contributed by atoms with Crippen LogP contribution < -0.4 is 5.32 Å². The highest BCUT2D eigenvalue weighted by Gasteiger charge is 2.53. The summed E-state index contributed by atoms with van der Waals surface area (Å²) in [5, 5.41) is 18.7. The predicted octanol–water partition coefficient (Wildman–Crippen LogP) is 4.96. The van der Waals surface area contributed by atoms with E-state index in [2.05, 4.69) is 16.1 Å². The normalized spacial score (nSPS) is 33.0. The largest absolute Gasteiger partial charge is 0.370 e. The second kappa shape index (κ2) is 6.11. The zero-order valence-electron chi connectivity index (χ0n) is 16.5. The van der Waals surface area contributed by atoms with Gasteiger partial charge in [-0.2, -0.15) is 10.4 Å². The summed E-state index contributed by atoms with van der Waals surface area (Å²) in [5.41, 5.74) is 4.75. The number of rotatable bonds is 2. The van der Waals surface area contributed by atoms with Crippen LogP contribution in [0, 0.1) is 29.1 Å². The molecule has 2 aromatic rings. The number of anilines is 1. The molecule has 4 heteroatoms. The van der Waals surface area contributed by atoms with E-state index in [-0.39, 0.29) is 5.41 Å². The summed E-state index contributed by atoms with van der Waals surface area (Å²) in [5.74, 6) is 3.90. The molecular weight excluding hydrogens is 344 g/mol. The van der Waals surface area contributed by atoms with E-state index in [1.165, 1.54) is 62.6 Å². The van der Waals surface area contributed by atoms with Crippen LogP contribution in [0.5, 0.6) is 0 Å². The monoisotopic (exact) mass is 372 g/mol. The lowest BCUT2D eigenvalue weighted by molar-refractivity contribution is -0.00773. The van der Waals surface area contributed by atoms with Crippen LogP contribution in [-0.2, 0) is 11.8 Å². The van der Waals surface area contributed by atoms with Gasteiger partial charge in [0, 0.05) is 17.5 Å². The van der Waals surface area contributed by atoms with Gasteiger partial charge < -0.3 is 5.32 Å². The third-order valence-electron chi connectivity index (χ3n) is 7.92. The maximum Gasteiger partial charge on any atom is 0.133 e. The minimum Gasteiger partial charge on any atom is -0.370 e. The Labute approximate surface area is 166 Å². The molecule has 28 heavy (non-hydrogen) atoms. The molecule has 0 spiro atoms. The standard InChI is InChI=1S/C24H28N4/c25-15-19-5-1-2-7-21(19)28-23-20(6-3-4-8-26-23)22(27-28)24-12-16-9-17(13-24)11-18(10-16)14-24/h1-2,5,7,16-18,26H,3-4,6,8-14H2. The van der Waals surface area contributed by atoms with Crippen molar-refractivity contribution in [3.05, 3.63) is 41.1 Å². The predicted molar refractivity (Wildman–Crippen MR) is 110 cm³/mol. The van der Waals surface area contributed by atoms with E-state index in [4.69, 9.17) is 5.10 Å². The van der Waals surface area contributed by atoms with Crippen molar-refractivity contribution < 1.29 is 0 Å². The fourth-order valence-corrected chi connectivity index (χ4v) is 7.26. The molecule has 5 aliphatic rings. The van der Waals surface area contributed by atoms with Crippen LogP contribution in [0.25, 0.3) is 5.69 Å². The van der Waals surface area contributed by atoms with E-state index in [1.54, 1.807) is 0 Å². The van der Waals surface area contributed by atoms with E-state index < -0.39 is 0 Å². The van der Waals surface area contributed by atoms with Crippen LogP contribution in [0.15, 0.2) is 24.3 Å². The van der Waals surface area contributed by atoms with Gasteiger partial charge in [-0.3, -0.25) is 0 Å². The van der Waals surface area contributed by atoms with Gasteiger partial charge in [0.15, 0.2) is 0 Å². The number of nitrogens with one attached hydrogen (secondary N) is 1. The Balaban J connectivity index is 1.54. The molecule has 1 aromatic carbocycles. The minimum atomic E-state index is 0.289. The number of hydrogen-bond acceptors (Lipinski definition) is 3. The Morgan fingerprint density at radius 3 is 2.46 bits per heavy atom. The topological polar surface area (TPSA) is 53.6 Å². The van der Waals surface area contributed by atoms with Gasteiger partial charge in [0.1, 0.15) is 11.9 Å². The molecule has 144 valence electrons. The molecule has 4 fully saturated rings. The lowest BCUT2D eigenvalue weighted by Gasteiger charge is -2.56. The molecule has 7 rings (SSSR count). The second-order valence-electron chi connectivity index (χ2n) is 9.80. The zero-order chi connectivity index (χ0) is 18.7. The fourth-order valence-electron chi connectivity index (χ4n) is 7.26. The van der Waals surface area contributed by atoms with Gasteiger partial charge in [-0.25, -0.2) is 4.68 Å². The molecular formula is C24H28N4. The lowest BCUT2D eigenvalue weighted by Crippen LogP contribution is -2.49. The smallest absolute Gasteiger partial charge is 0.133 e. The number of nitriles is 1. The van der Waals surface area contributed by atoms with Gasteiger partial charge in [0.25, 0.3) is 0 Å². The molecule has 4 nitrogen and oxygen atoms in total. The van der Waals surface area contributed by atoms with E-state index in [9.17, 15) is 5.26 Å². The summed E-state index contributed by atoms with van der Waals surface area (Å²) in [7, 11) is 0.